The standard InChI is InChI=1S/C21H23NO5S/c1-21(2,3)15-9-11-16(12-10-15)28(25,26)27-14-6-13-22-19(23)17-7-4-5-8-18(17)20(22)24/h4-5,7-12H,6,13-14H2,1-3H3. The van der Waals surface area contributed by atoms with Crippen molar-refractivity contribution >= 4 is 21.9 Å². The first-order valence-corrected chi connectivity index (χ1v) is 10.5. The van der Waals surface area contributed by atoms with Gasteiger partial charge in [-0.25, -0.2) is 0 Å². The van der Waals surface area contributed by atoms with E-state index in [2.05, 4.69) is 0 Å². The van der Waals surface area contributed by atoms with Crippen LogP contribution in [-0.4, -0.2) is 38.3 Å². The van der Waals surface area contributed by atoms with E-state index in [4.69, 9.17) is 4.18 Å². The van der Waals surface area contributed by atoms with E-state index in [1.54, 1.807) is 36.4 Å². The van der Waals surface area contributed by atoms with Gasteiger partial charge >= 0.3 is 0 Å². The molecular formula is C21H23NO5S. The summed E-state index contributed by atoms with van der Waals surface area (Å²) in [6.45, 7) is 6.13. The molecule has 0 N–H and O–H groups in total. The molecule has 0 spiro atoms. The highest BCUT2D eigenvalue weighted by Gasteiger charge is 2.34. The molecule has 2 aromatic carbocycles. The van der Waals surface area contributed by atoms with Gasteiger partial charge in [-0.15, -0.1) is 0 Å². The number of nitrogens with zero attached hydrogens (tertiary/aromatic N) is 1. The van der Waals surface area contributed by atoms with E-state index in [1.165, 1.54) is 12.1 Å². The minimum atomic E-state index is -3.89. The zero-order valence-electron chi connectivity index (χ0n) is 16.1. The van der Waals surface area contributed by atoms with Crippen LogP contribution in [-0.2, 0) is 19.7 Å². The van der Waals surface area contributed by atoms with Crippen molar-refractivity contribution in [2.75, 3.05) is 13.2 Å². The van der Waals surface area contributed by atoms with Gasteiger partial charge in [-0.05, 0) is 41.7 Å². The summed E-state index contributed by atoms with van der Waals surface area (Å²) in [6, 6.07) is 13.2. The van der Waals surface area contributed by atoms with Gasteiger partial charge in [0.25, 0.3) is 21.9 Å². The van der Waals surface area contributed by atoms with Crippen LogP contribution in [0.1, 0.15) is 53.5 Å². The number of benzene rings is 2. The molecule has 2 aromatic rings. The van der Waals surface area contributed by atoms with Crippen LogP contribution in [0.2, 0.25) is 0 Å². The number of imide groups is 1. The van der Waals surface area contributed by atoms with E-state index in [0.717, 1.165) is 10.5 Å². The third-order valence-electron chi connectivity index (χ3n) is 4.65. The highest BCUT2D eigenvalue weighted by molar-refractivity contribution is 7.86. The first-order valence-electron chi connectivity index (χ1n) is 9.06. The Balaban J connectivity index is 1.57. The Morgan fingerprint density at radius 2 is 1.43 bits per heavy atom. The Bertz CT molecular complexity index is 969. The minimum Gasteiger partial charge on any atom is -0.274 e. The molecule has 2 amide bonds. The maximum absolute atomic E-state index is 12.3. The van der Waals surface area contributed by atoms with E-state index in [1.807, 2.05) is 20.8 Å². The average Bonchev–Trinajstić information content (AvgIpc) is 2.89. The van der Waals surface area contributed by atoms with Crippen molar-refractivity contribution < 1.29 is 22.2 Å². The molecule has 148 valence electrons. The molecule has 0 fully saturated rings. The summed E-state index contributed by atoms with van der Waals surface area (Å²) in [7, 11) is -3.89. The lowest BCUT2D eigenvalue weighted by Gasteiger charge is -2.19. The Kier molecular flexibility index (Phi) is 5.41. The third kappa shape index (κ3) is 4.00. The smallest absolute Gasteiger partial charge is 0.274 e. The number of amides is 2. The normalized spacial score (nSPS) is 14.5. The monoisotopic (exact) mass is 401 g/mol. The summed E-state index contributed by atoms with van der Waals surface area (Å²) >= 11 is 0. The van der Waals surface area contributed by atoms with E-state index in [-0.39, 0.29) is 41.7 Å². The lowest BCUT2D eigenvalue weighted by atomic mass is 9.87. The maximum atomic E-state index is 12.3. The zero-order valence-corrected chi connectivity index (χ0v) is 17.0. The Labute approximate surface area is 165 Å². The first-order chi connectivity index (χ1) is 13.1. The highest BCUT2D eigenvalue weighted by atomic mass is 32.2. The summed E-state index contributed by atoms with van der Waals surface area (Å²) in [6.07, 6.45) is 0.227. The van der Waals surface area contributed by atoms with Crippen LogP contribution in [0.5, 0.6) is 0 Å². The van der Waals surface area contributed by atoms with E-state index in [0.29, 0.717) is 11.1 Å². The molecule has 0 aliphatic carbocycles. The molecule has 1 heterocycles. The van der Waals surface area contributed by atoms with Gasteiger partial charge in [0.15, 0.2) is 0 Å². The van der Waals surface area contributed by atoms with Gasteiger partial charge in [0.05, 0.1) is 22.6 Å². The van der Waals surface area contributed by atoms with Crippen LogP contribution < -0.4 is 0 Å². The summed E-state index contributed by atoms with van der Waals surface area (Å²) in [4.78, 5) is 25.8. The fourth-order valence-corrected chi connectivity index (χ4v) is 3.97. The van der Waals surface area contributed by atoms with E-state index in [9.17, 15) is 18.0 Å². The molecule has 0 atom stereocenters. The van der Waals surface area contributed by atoms with Gasteiger partial charge < -0.3 is 0 Å². The van der Waals surface area contributed by atoms with Crippen molar-refractivity contribution in [1.29, 1.82) is 0 Å². The lowest BCUT2D eigenvalue weighted by molar-refractivity contribution is 0.0647. The van der Waals surface area contributed by atoms with Crippen LogP contribution >= 0.6 is 0 Å². The molecule has 0 saturated carbocycles. The van der Waals surface area contributed by atoms with Gasteiger partial charge in [0.1, 0.15) is 0 Å². The van der Waals surface area contributed by atoms with Crippen molar-refractivity contribution in [1.82, 2.24) is 4.90 Å². The summed E-state index contributed by atoms with van der Waals surface area (Å²) in [5.74, 6) is -0.720. The quantitative estimate of drug-likeness (QED) is 0.421. The predicted octanol–water partition coefficient (Wildman–Crippen LogP) is 3.38. The Morgan fingerprint density at radius 1 is 0.893 bits per heavy atom. The third-order valence-corrected chi connectivity index (χ3v) is 5.98. The van der Waals surface area contributed by atoms with E-state index >= 15 is 0 Å². The molecule has 28 heavy (non-hydrogen) atoms. The molecule has 1 aliphatic rings. The number of carbonyl (C=O) groups is 2. The van der Waals surface area contributed by atoms with Crippen molar-refractivity contribution in [3.05, 3.63) is 65.2 Å². The first kappa shape index (κ1) is 20.2. The number of carbonyl (C=O) groups excluding carboxylic acids is 2. The van der Waals surface area contributed by atoms with Crippen LogP contribution in [0.4, 0.5) is 0 Å². The number of hydrogen-bond donors (Lipinski definition) is 0. The zero-order chi connectivity index (χ0) is 20.5. The summed E-state index contributed by atoms with van der Waals surface area (Å²) in [5, 5.41) is 0. The minimum absolute atomic E-state index is 0.0739. The molecule has 6 nitrogen and oxygen atoms in total. The molecule has 0 unspecified atom stereocenters. The summed E-state index contributed by atoms with van der Waals surface area (Å²) < 4.78 is 29.7. The van der Waals surface area contributed by atoms with Crippen LogP contribution in [0.3, 0.4) is 0 Å². The van der Waals surface area contributed by atoms with Crippen LogP contribution in [0.25, 0.3) is 0 Å². The van der Waals surface area contributed by atoms with Crippen molar-refractivity contribution in [2.45, 2.75) is 37.5 Å². The molecule has 0 saturated heterocycles. The second kappa shape index (κ2) is 7.48. The van der Waals surface area contributed by atoms with Gasteiger partial charge in [0.2, 0.25) is 0 Å². The topological polar surface area (TPSA) is 80.8 Å². The fraction of sp³-hybridized carbons (Fsp3) is 0.333. The number of rotatable bonds is 6. The van der Waals surface area contributed by atoms with E-state index < -0.39 is 10.1 Å². The second-order valence-electron chi connectivity index (χ2n) is 7.71. The molecule has 1 aliphatic heterocycles. The maximum Gasteiger partial charge on any atom is 0.296 e. The van der Waals surface area contributed by atoms with Gasteiger partial charge in [-0.3, -0.25) is 18.7 Å². The summed E-state index contributed by atoms with van der Waals surface area (Å²) in [5.41, 5.74) is 1.70. The highest BCUT2D eigenvalue weighted by Crippen LogP contribution is 2.25. The molecule has 0 radical (unpaired) electrons. The van der Waals surface area contributed by atoms with Crippen molar-refractivity contribution in [3.8, 4) is 0 Å². The Hall–Kier alpha value is -2.51. The molecule has 3 rings (SSSR count). The molecular weight excluding hydrogens is 378 g/mol. The number of hydrogen-bond acceptors (Lipinski definition) is 5. The SMILES string of the molecule is CC(C)(C)c1ccc(S(=O)(=O)OCCCN2C(=O)c3ccccc3C2=O)cc1. The molecule has 0 aromatic heterocycles. The predicted molar refractivity (Wildman–Crippen MR) is 105 cm³/mol. The van der Waals surface area contributed by atoms with Gasteiger partial charge in [-0.1, -0.05) is 45.0 Å². The molecule has 0 bridgehead atoms. The van der Waals surface area contributed by atoms with Gasteiger partial charge in [-0.2, -0.15) is 8.42 Å². The Morgan fingerprint density at radius 3 is 1.93 bits per heavy atom. The van der Waals surface area contributed by atoms with Crippen molar-refractivity contribution in [2.24, 2.45) is 0 Å². The number of fused-ring (bicyclic) bond motifs is 1. The largest absolute Gasteiger partial charge is 0.296 e. The average molecular weight is 401 g/mol. The van der Waals surface area contributed by atoms with Crippen LogP contribution in [0.15, 0.2) is 53.4 Å². The second-order valence-corrected chi connectivity index (χ2v) is 9.33. The lowest BCUT2D eigenvalue weighted by Crippen LogP contribution is -2.31. The van der Waals surface area contributed by atoms with Crippen LogP contribution in [0, 0.1) is 0 Å². The van der Waals surface area contributed by atoms with Crippen molar-refractivity contribution in [3.63, 3.8) is 0 Å². The van der Waals surface area contributed by atoms with Gasteiger partial charge in [0, 0.05) is 6.54 Å². The fourth-order valence-electron chi connectivity index (χ4n) is 3.02. The molecule has 7 heteroatoms.